The first-order valence-electron chi connectivity index (χ1n) is 6.22. The Morgan fingerprint density at radius 1 is 1.05 bits per heavy atom. The normalized spacial score (nSPS) is 13.2. The molecule has 0 saturated heterocycles. The smallest absolute Gasteiger partial charge is 0.271 e. The molecule has 0 bridgehead atoms. The Morgan fingerprint density at radius 2 is 1.67 bits per heavy atom. The fraction of sp³-hybridized carbons (Fsp3) is 0.200. The third kappa shape index (κ3) is 3.40. The van der Waals surface area contributed by atoms with Crippen LogP contribution in [0.5, 0.6) is 0 Å². The van der Waals surface area contributed by atoms with Crippen molar-refractivity contribution < 1.29 is 17.6 Å². The maximum absolute atomic E-state index is 13.9. The van der Waals surface area contributed by atoms with Crippen molar-refractivity contribution in [2.45, 2.75) is 19.1 Å². The van der Waals surface area contributed by atoms with E-state index < -0.39 is 23.6 Å². The molecule has 1 unspecified atom stereocenters. The highest BCUT2D eigenvalue weighted by Crippen LogP contribution is 2.33. The van der Waals surface area contributed by atoms with Gasteiger partial charge in [0.2, 0.25) is 0 Å². The van der Waals surface area contributed by atoms with Gasteiger partial charge in [-0.2, -0.15) is 13.2 Å². The number of hydrogen-bond acceptors (Lipinski definition) is 2. The van der Waals surface area contributed by atoms with E-state index in [1.807, 2.05) is 6.92 Å². The van der Waals surface area contributed by atoms with Crippen LogP contribution in [0, 0.1) is 12.7 Å². The third-order valence-electron chi connectivity index (χ3n) is 3.21. The van der Waals surface area contributed by atoms with Crippen LogP contribution in [0.15, 0.2) is 42.5 Å². The fourth-order valence-electron chi connectivity index (χ4n) is 2.07. The molecule has 2 aromatic rings. The lowest BCUT2D eigenvalue weighted by Gasteiger charge is -2.19. The van der Waals surface area contributed by atoms with Gasteiger partial charge in [0.15, 0.2) is 0 Å². The van der Waals surface area contributed by atoms with Gasteiger partial charge >= 0.3 is 6.18 Å². The summed E-state index contributed by atoms with van der Waals surface area (Å²) in [6.45, 7) is 1.87. The molecular formula is C15H14F4N2. The molecule has 1 atom stereocenters. The maximum atomic E-state index is 13.9. The largest absolute Gasteiger partial charge is 0.416 e. The van der Waals surface area contributed by atoms with E-state index in [0.29, 0.717) is 11.6 Å². The van der Waals surface area contributed by atoms with E-state index in [2.05, 4.69) is 5.43 Å². The monoisotopic (exact) mass is 298 g/mol. The second-order valence-corrected chi connectivity index (χ2v) is 4.74. The standard InChI is InChI=1S/C15H14F4N2/c1-9-2-4-10(5-3-9)14(21-20)12-8-11(15(17,18)19)6-7-13(12)16/h2-8,14,21H,20H2,1H3. The first-order chi connectivity index (χ1) is 9.82. The lowest BCUT2D eigenvalue weighted by atomic mass is 9.96. The molecule has 0 aliphatic rings. The number of nitrogens with two attached hydrogens (primary N) is 1. The number of aryl methyl sites for hydroxylation is 1. The van der Waals surface area contributed by atoms with Crippen molar-refractivity contribution in [1.29, 1.82) is 0 Å². The molecule has 0 aliphatic carbocycles. The number of rotatable bonds is 3. The summed E-state index contributed by atoms with van der Waals surface area (Å²) in [6.07, 6.45) is -4.53. The number of hydrogen-bond donors (Lipinski definition) is 2. The van der Waals surface area contributed by atoms with Crippen molar-refractivity contribution in [2.24, 2.45) is 5.84 Å². The van der Waals surface area contributed by atoms with Crippen LogP contribution in [-0.2, 0) is 6.18 Å². The lowest BCUT2D eigenvalue weighted by molar-refractivity contribution is -0.137. The summed E-state index contributed by atoms with van der Waals surface area (Å²) in [7, 11) is 0. The predicted molar refractivity (Wildman–Crippen MR) is 71.7 cm³/mol. The van der Waals surface area contributed by atoms with E-state index in [1.165, 1.54) is 0 Å². The predicted octanol–water partition coefficient (Wildman–Crippen LogP) is 3.71. The van der Waals surface area contributed by atoms with Gasteiger partial charge in [-0.25, -0.2) is 9.82 Å². The summed E-state index contributed by atoms with van der Waals surface area (Å²) in [5, 5.41) is 0. The molecule has 2 nitrogen and oxygen atoms in total. The average molecular weight is 298 g/mol. The van der Waals surface area contributed by atoms with Crippen LogP contribution in [0.2, 0.25) is 0 Å². The number of benzene rings is 2. The Labute approximate surface area is 119 Å². The molecule has 0 saturated carbocycles. The van der Waals surface area contributed by atoms with Gasteiger partial charge in [0, 0.05) is 5.56 Å². The maximum Gasteiger partial charge on any atom is 0.416 e. The van der Waals surface area contributed by atoms with Gasteiger partial charge in [0.25, 0.3) is 0 Å². The molecule has 0 fully saturated rings. The SMILES string of the molecule is Cc1ccc(C(NN)c2cc(C(F)(F)F)ccc2F)cc1. The van der Waals surface area contributed by atoms with Crippen molar-refractivity contribution in [1.82, 2.24) is 5.43 Å². The van der Waals surface area contributed by atoms with Crippen LogP contribution in [0.1, 0.15) is 28.3 Å². The van der Waals surface area contributed by atoms with Crippen molar-refractivity contribution in [3.05, 3.63) is 70.5 Å². The van der Waals surface area contributed by atoms with Crippen molar-refractivity contribution >= 4 is 0 Å². The molecule has 0 amide bonds. The lowest BCUT2D eigenvalue weighted by Crippen LogP contribution is -2.29. The van der Waals surface area contributed by atoms with Gasteiger partial charge in [-0.1, -0.05) is 29.8 Å². The molecule has 112 valence electrons. The molecule has 2 rings (SSSR count). The van der Waals surface area contributed by atoms with Crippen LogP contribution in [0.4, 0.5) is 17.6 Å². The first-order valence-corrected chi connectivity index (χ1v) is 6.22. The summed E-state index contributed by atoms with van der Waals surface area (Å²) >= 11 is 0. The molecule has 0 radical (unpaired) electrons. The Hall–Kier alpha value is -1.92. The van der Waals surface area contributed by atoms with E-state index in [-0.39, 0.29) is 5.56 Å². The zero-order chi connectivity index (χ0) is 15.6. The minimum absolute atomic E-state index is 0.142. The number of halogens is 4. The zero-order valence-corrected chi connectivity index (χ0v) is 11.2. The topological polar surface area (TPSA) is 38.0 Å². The second-order valence-electron chi connectivity index (χ2n) is 4.74. The Kier molecular flexibility index (Phi) is 4.29. The highest BCUT2D eigenvalue weighted by Gasteiger charge is 2.32. The Bertz CT molecular complexity index is 621. The first kappa shape index (κ1) is 15.5. The summed E-state index contributed by atoms with van der Waals surface area (Å²) in [6, 6.07) is 8.39. The van der Waals surface area contributed by atoms with Crippen LogP contribution >= 0.6 is 0 Å². The molecule has 2 aromatic carbocycles. The Morgan fingerprint density at radius 3 is 2.19 bits per heavy atom. The van der Waals surface area contributed by atoms with Gasteiger partial charge < -0.3 is 0 Å². The van der Waals surface area contributed by atoms with Crippen molar-refractivity contribution in [2.75, 3.05) is 0 Å². The summed E-state index contributed by atoms with van der Waals surface area (Å²) in [5.74, 6) is 4.66. The summed E-state index contributed by atoms with van der Waals surface area (Å²) in [5.41, 5.74) is 2.88. The molecule has 3 N–H and O–H groups in total. The van der Waals surface area contributed by atoms with Gasteiger partial charge in [-0.3, -0.25) is 5.84 Å². The van der Waals surface area contributed by atoms with Crippen LogP contribution in [0.3, 0.4) is 0 Å². The molecule has 0 spiro atoms. The zero-order valence-electron chi connectivity index (χ0n) is 11.2. The van der Waals surface area contributed by atoms with Crippen molar-refractivity contribution in [3.8, 4) is 0 Å². The minimum atomic E-state index is -4.53. The van der Waals surface area contributed by atoms with Crippen LogP contribution in [0.25, 0.3) is 0 Å². The summed E-state index contributed by atoms with van der Waals surface area (Å²) < 4.78 is 52.1. The van der Waals surface area contributed by atoms with Gasteiger partial charge in [-0.05, 0) is 30.7 Å². The van der Waals surface area contributed by atoms with Gasteiger partial charge in [-0.15, -0.1) is 0 Å². The van der Waals surface area contributed by atoms with Gasteiger partial charge in [0.1, 0.15) is 5.82 Å². The fourth-order valence-corrected chi connectivity index (χ4v) is 2.07. The van der Waals surface area contributed by atoms with E-state index in [4.69, 9.17) is 5.84 Å². The third-order valence-corrected chi connectivity index (χ3v) is 3.21. The quantitative estimate of drug-likeness (QED) is 0.515. The van der Waals surface area contributed by atoms with E-state index in [1.54, 1.807) is 24.3 Å². The molecule has 21 heavy (non-hydrogen) atoms. The highest BCUT2D eigenvalue weighted by atomic mass is 19.4. The number of hydrazine groups is 1. The molecular weight excluding hydrogens is 284 g/mol. The second kappa shape index (κ2) is 5.83. The Balaban J connectivity index is 2.49. The highest BCUT2D eigenvalue weighted by molar-refractivity contribution is 5.37. The van der Waals surface area contributed by atoms with E-state index in [9.17, 15) is 17.6 Å². The minimum Gasteiger partial charge on any atom is -0.271 e. The summed E-state index contributed by atoms with van der Waals surface area (Å²) in [4.78, 5) is 0. The van der Waals surface area contributed by atoms with E-state index in [0.717, 1.165) is 17.7 Å². The number of alkyl halides is 3. The van der Waals surface area contributed by atoms with Gasteiger partial charge in [0.05, 0.1) is 11.6 Å². The average Bonchev–Trinajstić information content (AvgIpc) is 2.42. The van der Waals surface area contributed by atoms with Crippen LogP contribution in [-0.4, -0.2) is 0 Å². The molecule has 6 heteroatoms. The molecule has 0 heterocycles. The van der Waals surface area contributed by atoms with Crippen molar-refractivity contribution in [3.63, 3.8) is 0 Å². The van der Waals surface area contributed by atoms with Crippen LogP contribution < -0.4 is 11.3 Å². The molecule has 0 aromatic heterocycles. The number of nitrogens with one attached hydrogen (secondary N) is 1. The molecule has 0 aliphatic heterocycles. The van der Waals surface area contributed by atoms with E-state index >= 15 is 0 Å².